The van der Waals surface area contributed by atoms with Gasteiger partial charge in [-0.3, -0.25) is 4.90 Å². The number of anilines is 1. The third kappa shape index (κ3) is 7.19. The molecule has 0 bridgehead atoms. The minimum absolute atomic E-state index is 0.00441. The van der Waals surface area contributed by atoms with Crippen LogP contribution in [0.3, 0.4) is 0 Å². The fraction of sp³-hybridized carbons (Fsp3) is 0.667. The normalized spacial score (nSPS) is 20.4. The van der Waals surface area contributed by atoms with E-state index in [4.69, 9.17) is 5.11 Å². The van der Waals surface area contributed by atoms with Crippen LogP contribution in [0.5, 0.6) is 0 Å². The van der Waals surface area contributed by atoms with Gasteiger partial charge in [0.1, 0.15) is 6.10 Å². The number of carbonyl (C=O) groups excluding carboxylic acids is 1. The number of nitrogens with zero attached hydrogens (tertiary/aromatic N) is 3. The Morgan fingerprint density at radius 1 is 0.943 bits per heavy atom. The fourth-order valence-electron chi connectivity index (χ4n) is 4.06. The quantitative estimate of drug-likeness (QED) is 0.414. The summed E-state index contributed by atoms with van der Waals surface area (Å²) >= 11 is 0. The van der Waals surface area contributed by atoms with Crippen LogP contribution in [-0.2, 0) is 12.4 Å². The molecular formula is C21H28F6N4O4. The molecule has 1 aromatic carbocycles. The molecule has 0 aliphatic carbocycles. The highest BCUT2D eigenvalue weighted by Crippen LogP contribution is 2.37. The first-order valence-electron chi connectivity index (χ1n) is 11.1. The van der Waals surface area contributed by atoms with Gasteiger partial charge in [0.05, 0.1) is 23.8 Å². The summed E-state index contributed by atoms with van der Waals surface area (Å²) in [5, 5.41) is 30.1. The smallest absolute Gasteiger partial charge is 0.394 e. The summed E-state index contributed by atoms with van der Waals surface area (Å²) in [5.74, 6) is 0. The fourth-order valence-corrected chi connectivity index (χ4v) is 4.06. The third-order valence-electron chi connectivity index (χ3n) is 6.28. The lowest BCUT2D eigenvalue weighted by molar-refractivity contribution is -0.143. The molecule has 3 rings (SSSR count). The second-order valence-electron chi connectivity index (χ2n) is 8.77. The Kier molecular flexibility index (Phi) is 8.52. The molecule has 0 spiro atoms. The molecule has 1 aromatic rings. The average Bonchev–Trinajstić information content (AvgIpc) is 2.75. The first-order valence-corrected chi connectivity index (χ1v) is 11.1. The van der Waals surface area contributed by atoms with E-state index in [1.807, 2.05) is 0 Å². The maximum atomic E-state index is 13.0. The van der Waals surface area contributed by atoms with E-state index in [9.17, 15) is 41.4 Å². The van der Waals surface area contributed by atoms with Crippen molar-refractivity contribution < 1.29 is 46.5 Å². The number of urea groups is 1. The number of carbonyl (C=O) groups is 1. The Hall–Kier alpha value is -2.13. The molecule has 8 nitrogen and oxygen atoms in total. The molecule has 2 saturated heterocycles. The van der Waals surface area contributed by atoms with Gasteiger partial charge >= 0.3 is 18.4 Å². The molecule has 2 aliphatic heterocycles. The summed E-state index contributed by atoms with van der Waals surface area (Å²) in [4.78, 5) is 17.9. The number of rotatable bonds is 7. The van der Waals surface area contributed by atoms with Crippen LogP contribution in [0.1, 0.15) is 17.5 Å². The Morgan fingerprint density at radius 3 is 1.97 bits per heavy atom. The lowest BCUT2D eigenvalue weighted by Gasteiger charge is -2.48. The van der Waals surface area contributed by atoms with Gasteiger partial charge < -0.3 is 30.4 Å². The third-order valence-corrected chi connectivity index (χ3v) is 6.28. The van der Waals surface area contributed by atoms with Crippen molar-refractivity contribution in [2.45, 2.75) is 37.0 Å². The van der Waals surface area contributed by atoms with Crippen LogP contribution in [0.2, 0.25) is 0 Å². The van der Waals surface area contributed by atoms with Crippen molar-refractivity contribution in [1.82, 2.24) is 14.7 Å². The van der Waals surface area contributed by atoms with E-state index >= 15 is 0 Å². The van der Waals surface area contributed by atoms with E-state index < -0.39 is 54.0 Å². The van der Waals surface area contributed by atoms with Gasteiger partial charge in [0, 0.05) is 57.5 Å². The number of amides is 2. The first kappa shape index (κ1) is 27.5. The highest BCUT2D eigenvalue weighted by molar-refractivity contribution is 5.90. The topological polar surface area (TPSA) is 99.5 Å². The molecule has 2 aliphatic rings. The standard InChI is InChI=1S/C21H28F6N4O4/c22-20(23,24)13-7-14(21(25,26)27)9-15(8-13)28-19(35)31-10-16(11-31)30-5-3-29(4-6-30)2-1-17(33)18(34)12-32/h7-9,16-18,32-34H,1-6,10-12H2,(H,28,35)/t17?,18-/m0/s1. The van der Waals surface area contributed by atoms with Gasteiger partial charge in [-0.05, 0) is 24.6 Å². The van der Waals surface area contributed by atoms with Gasteiger partial charge in [-0.2, -0.15) is 26.3 Å². The summed E-state index contributed by atoms with van der Waals surface area (Å²) in [6, 6.07) is 0.200. The van der Waals surface area contributed by atoms with Gasteiger partial charge in [-0.15, -0.1) is 0 Å². The van der Waals surface area contributed by atoms with Crippen LogP contribution in [0.25, 0.3) is 0 Å². The molecule has 2 atom stereocenters. The number of benzene rings is 1. The number of nitrogens with one attached hydrogen (secondary N) is 1. The maximum Gasteiger partial charge on any atom is 0.416 e. The van der Waals surface area contributed by atoms with Crippen molar-refractivity contribution in [1.29, 1.82) is 0 Å². The molecule has 35 heavy (non-hydrogen) atoms. The number of likely N-dealkylation sites (tertiary alicyclic amines) is 1. The second kappa shape index (κ2) is 10.9. The zero-order valence-electron chi connectivity index (χ0n) is 18.7. The van der Waals surface area contributed by atoms with Crippen molar-refractivity contribution in [2.24, 2.45) is 0 Å². The van der Waals surface area contributed by atoms with E-state index in [-0.39, 0.29) is 12.1 Å². The number of halogens is 6. The average molecular weight is 514 g/mol. The summed E-state index contributed by atoms with van der Waals surface area (Å²) in [5.41, 5.74) is -3.58. The molecule has 1 unspecified atom stereocenters. The van der Waals surface area contributed by atoms with Crippen molar-refractivity contribution in [2.75, 3.05) is 57.7 Å². The zero-order chi connectivity index (χ0) is 26.0. The maximum absolute atomic E-state index is 13.0. The Bertz CT molecular complexity index is 838. The number of alkyl halides is 6. The molecular weight excluding hydrogens is 486 g/mol. The van der Waals surface area contributed by atoms with Crippen LogP contribution >= 0.6 is 0 Å². The highest BCUT2D eigenvalue weighted by Gasteiger charge is 2.39. The van der Waals surface area contributed by atoms with Gasteiger partial charge in [-0.25, -0.2) is 4.79 Å². The van der Waals surface area contributed by atoms with E-state index in [1.165, 1.54) is 4.90 Å². The van der Waals surface area contributed by atoms with E-state index in [0.29, 0.717) is 64.4 Å². The van der Waals surface area contributed by atoms with Crippen LogP contribution in [0, 0.1) is 0 Å². The molecule has 2 fully saturated rings. The molecule has 0 saturated carbocycles. The molecule has 2 heterocycles. The van der Waals surface area contributed by atoms with Gasteiger partial charge in [-0.1, -0.05) is 0 Å². The monoisotopic (exact) mass is 514 g/mol. The van der Waals surface area contributed by atoms with Gasteiger partial charge in [0.15, 0.2) is 0 Å². The second-order valence-corrected chi connectivity index (χ2v) is 8.77. The predicted molar refractivity (Wildman–Crippen MR) is 113 cm³/mol. The molecule has 2 amide bonds. The van der Waals surface area contributed by atoms with Crippen molar-refractivity contribution in [3.05, 3.63) is 29.3 Å². The Morgan fingerprint density at radius 2 is 1.49 bits per heavy atom. The van der Waals surface area contributed by atoms with Crippen LogP contribution in [0.4, 0.5) is 36.8 Å². The predicted octanol–water partition coefficient (Wildman–Crippen LogP) is 1.66. The number of hydrogen-bond acceptors (Lipinski definition) is 6. The molecule has 4 N–H and O–H groups in total. The lowest BCUT2D eigenvalue weighted by Crippen LogP contribution is -2.64. The van der Waals surface area contributed by atoms with Crippen LogP contribution in [-0.4, -0.2) is 107 Å². The van der Waals surface area contributed by atoms with Crippen molar-refractivity contribution in [3.8, 4) is 0 Å². The summed E-state index contributed by atoms with van der Waals surface area (Å²) in [6.45, 7) is 3.35. The van der Waals surface area contributed by atoms with E-state index in [1.54, 1.807) is 0 Å². The molecule has 0 radical (unpaired) electrons. The van der Waals surface area contributed by atoms with E-state index in [0.717, 1.165) is 0 Å². The largest absolute Gasteiger partial charge is 0.416 e. The minimum Gasteiger partial charge on any atom is -0.394 e. The van der Waals surface area contributed by atoms with Crippen molar-refractivity contribution in [3.63, 3.8) is 0 Å². The number of hydrogen-bond donors (Lipinski definition) is 4. The lowest BCUT2D eigenvalue weighted by atomic mass is 10.1. The molecule has 14 heteroatoms. The zero-order valence-corrected chi connectivity index (χ0v) is 18.7. The van der Waals surface area contributed by atoms with Crippen molar-refractivity contribution >= 4 is 11.7 Å². The molecule has 198 valence electrons. The SMILES string of the molecule is O=C(Nc1cc(C(F)(F)F)cc(C(F)(F)F)c1)N1CC(N2CCN(CCC(O)[C@@H](O)CO)CC2)C1. The van der Waals surface area contributed by atoms with Crippen LogP contribution < -0.4 is 5.32 Å². The highest BCUT2D eigenvalue weighted by atomic mass is 19.4. The number of aliphatic hydroxyl groups excluding tert-OH is 3. The number of piperazine rings is 1. The Balaban J connectivity index is 1.48. The summed E-state index contributed by atoms with van der Waals surface area (Å²) < 4.78 is 78.0. The van der Waals surface area contributed by atoms with Crippen LogP contribution in [0.15, 0.2) is 18.2 Å². The summed E-state index contributed by atoms with van der Waals surface area (Å²) in [6.07, 6.45) is -11.9. The van der Waals surface area contributed by atoms with E-state index in [2.05, 4.69) is 15.1 Å². The van der Waals surface area contributed by atoms with Gasteiger partial charge in [0.2, 0.25) is 0 Å². The number of aliphatic hydroxyl groups is 3. The van der Waals surface area contributed by atoms with Gasteiger partial charge in [0.25, 0.3) is 0 Å². The first-order chi connectivity index (χ1) is 16.3. The minimum atomic E-state index is -5.00. The Labute approximate surface area is 197 Å². The molecule has 0 aromatic heterocycles. The summed E-state index contributed by atoms with van der Waals surface area (Å²) in [7, 11) is 0.